The van der Waals surface area contributed by atoms with Crippen LogP contribution in [0.1, 0.15) is 49.9 Å². The van der Waals surface area contributed by atoms with Crippen LogP contribution in [-0.4, -0.2) is 104 Å². The highest BCUT2D eigenvalue weighted by molar-refractivity contribution is 7.92. The molecular formula is C23H40FN7O4S. The number of anilines is 2. The van der Waals surface area contributed by atoms with Crippen molar-refractivity contribution in [3.8, 4) is 0 Å². The average Bonchev–Trinajstić information content (AvgIpc) is 3.18. The van der Waals surface area contributed by atoms with E-state index in [2.05, 4.69) is 39.8 Å². The van der Waals surface area contributed by atoms with E-state index in [0.29, 0.717) is 38.3 Å². The number of carbonyl (C=O) groups excluding carboxylic acids is 1. The highest BCUT2D eigenvalue weighted by atomic mass is 32.2. The first-order valence-corrected chi connectivity index (χ1v) is 14.5. The Bertz CT molecular complexity index is 1040. The van der Waals surface area contributed by atoms with Crippen molar-refractivity contribution in [3.05, 3.63) is 5.56 Å². The largest absolute Gasteiger partial charge is 0.384 e. The maximum absolute atomic E-state index is 13.8. The van der Waals surface area contributed by atoms with Crippen molar-refractivity contribution in [1.82, 2.24) is 25.3 Å². The normalized spacial score (nSPS) is 29.9. The molecule has 4 heterocycles. The van der Waals surface area contributed by atoms with Crippen molar-refractivity contribution in [1.29, 1.82) is 0 Å². The van der Waals surface area contributed by atoms with Crippen molar-refractivity contribution >= 4 is 27.4 Å². The van der Waals surface area contributed by atoms with Crippen LogP contribution in [-0.2, 0) is 21.1 Å². The van der Waals surface area contributed by atoms with Crippen molar-refractivity contribution in [3.63, 3.8) is 0 Å². The predicted octanol–water partition coefficient (Wildman–Crippen LogP) is 0.384. The fourth-order valence-corrected chi connectivity index (χ4v) is 7.28. The van der Waals surface area contributed by atoms with E-state index in [4.69, 9.17) is 10.5 Å². The zero-order chi connectivity index (χ0) is 26.1. The number of halogens is 1. The van der Waals surface area contributed by atoms with E-state index < -0.39 is 16.0 Å². The summed E-state index contributed by atoms with van der Waals surface area (Å²) in [6.07, 6.45) is 1.80. The highest BCUT2D eigenvalue weighted by Crippen LogP contribution is 2.31. The van der Waals surface area contributed by atoms with Gasteiger partial charge in [0.15, 0.2) is 15.7 Å². The molecule has 0 bridgehead atoms. The third kappa shape index (κ3) is 5.63. The Morgan fingerprint density at radius 3 is 2.72 bits per heavy atom. The summed E-state index contributed by atoms with van der Waals surface area (Å²) in [4.78, 5) is 15.7. The molecule has 36 heavy (non-hydrogen) atoms. The molecule has 4 rings (SSSR count). The molecule has 3 aliphatic heterocycles. The van der Waals surface area contributed by atoms with E-state index in [1.54, 1.807) is 0 Å². The molecule has 1 aromatic heterocycles. The number of likely N-dealkylation sites (tertiary alicyclic amines) is 1. The van der Waals surface area contributed by atoms with Gasteiger partial charge in [-0.05, 0) is 45.7 Å². The van der Waals surface area contributed by atoms with E-state index in [1.165, 1.54) is 11.8 Å². The van der Waals surface area contributed by atoms with Crippen LogP contribution < -0.4 is 21.7 Å². The van der Waals surface area contributed by atoms with Crippen LogP contribution in [0, 0.1) is 0 Å². The minimum atomic E-state index is -3.20. The van der Waals surface area contributed by atoms with Crippen molar-refractivity contribution in [2.24, 2.45) is 0 Å². The third-order valence-corrected chi connectivity index (χ3v) is 10.3. The fraction of sp³-hybridized carbons (Fsp3) is 0.826. The van der Waals surface area contributed by atoms with Crippen LogP contribution in [0.4, 0.5) is 16.0 Å². The highest BCUT2D eigenvalue weighted by Gasteiger charge is 2.42. The van der Waals surface area contributed by atoms with E-state index in [-0.39, 0.29) is 65.6 Å². The van der Waals surface area contributed by atoms with Gasteiger partial charge in [0.1, 0.15) is 17.6 Å². The van der Waals surface area contributed by atoms with Gasteiger partial charge in [-0.15, -0.1) is 0 Å². The molecule has 0 saturated carbocycles. The molecule has 0 spiro atoms. The van der Waals surface area contributed by atoms with Gasteiger partial charge < -0.3 is 26.4 Å². The third-order valence-electron chi connectivity index (χ3n) is 8.06. The van der Waals surface area contributed by atoms with Crippen molar-refractivity contribution in [2.75, 3.05) is 56.7 Å². The lowest BCUT2D eigenvalue weighted by molar-refractivity contribution is 0.0599. The molecule has 4 unspecified atom stereocenters. The number of nitrogens with one attached hydrogen (secondary N) is 3. The zero-order valence-electron chi connectivity index (χ0n) is 21.4. The van der Waals surface area contributed by atoms with E-state index in [9.17, 15) is 17.6 Å². The molecule has 1 aromatic rings. The van der Waals surface area contributed by atoms with Crippen LogP contribution in [0.2, 0.25) is 0 Å². The number of ether oxygens (including phenoxy) is 1. The molecule has 0 aromatic carbocycles. The Hall–Kier alpha value is -1.96. The molecule has 11 nitrogen and oxygen atoms in total. The quantitative estimate of drug-likeness (QED) is 0.376. The molecule has 2 fully saturated rings. The summed E-state index contributed by atoms with van der Waals surface area (Å²) in [5.41, 5.74) is 6.22. The van der Waals surface area contributed by atoms with Gasteiger partial charge in [0.2, 0.25) is 0 Å². The topological polar surface area (TPSA) is 144 Å². The zero-order valence-corrected chi connectivity index (χ0v) is 22.2. The molecular weight excluding hydrogens is 489 g/mol. The summed E-state index contributed by atoms with van der Waals surface area (Å²) < 4.78 is 45.5. The van der Waals surface area contributed by atoms with Gasteiger partial charge in [0.25, 0.3) is 5.91 Å². The van der Waals surface area contributed by atoms with Gasteiger partial charge >= 0.3 is 0 Å². The number of fused-ring (bicyclic) bond motifs is 1. The number of piperidine rings is 2. The molecule has 2 saturated heterocycles. The smallest absolute Gasteiger partial charge is 0.259 e. The average molecular weight is 530 g/mol. The molecule has 204 valence electrons. The fourth-order valence-electron chi connectivity index (χ4n) is 5.62. The minimum absolute atomic E-state index is 0.0404. The minimum Gasteiger partial charge on any atom is -0.384 e. The summed E-state index contributed by atoms with van der Waals surface area (Å²) in [5.74, 6) is 0.222. The van der Waals surface area contributed by atoms with Gasteiger partial charge in [-0.25, -0.2) is 17.5 Å². The van der Waals surface area contributed by atoms with Crippen LogP contribution in [0.25, 0.3) is 0 Å². The number of amides is 1. The molecule has 5 N–H and O–H groups in total. The molecule has 0 aliphatic carbocycles. The maximum Gasteiger partial charge on any atom is 0.259 e. The number of nitrogen functional groups attached to an aromatic ring is 1. The van der Waals surface area contributed by atoms with Crippen LogP contribution in [0.5, 0.6) is 0 Å². The van der Waals surface area contributed by atoms with Crippen molar-refractivity contribution in [2.45, 2.75) is 75.1 Å². The number of sulfone groups is 1. The Morgan fingerprint density at radius 2 is 2.06 bits per heavy atom. The number of methoxy groups -OCH3 is 1. The number of hydrogen-bond acceptors (Lipinski definition) is 9. The van der Waals surface area contributed by atoms with Crippen LogP contribution in [0.3, 0.4) is 0 Å². The Balaban J connectivity index is 1.48. The Kier molecular flexibility index (Phi) is 8.13. The summed E-state index contributed by atoms with van der Waals surface area (Å²) >= 11 is 0. The number of alkyl halides is 1. The standard InChI is InChI=1S/C23H40FN7O4S/c1-4-23(2)11-18(30-7-5-16(6-8-30)36(33,34)10-9-35-3)17(13-27-23)28-22(32)19-20(25)29-31-14-15(24)12-26-21(19)31/h15-18,26-27H,4-14H2,1-3H3,(H2,25,29)(H,28,32). The van der Waals surface area contributed by atoms with Crippen LogP contribution >= 0.6 is 0 Å². The second-order valence-electron chi connectivity index (χ2n) is 10.5. The predicted molar refractivity (Wildman–Crippen MR) is 137 cm³/mol. The number of rotatable bonds is 8. The maximum atomic E-state index is 13.8. The first kappa shape index (κ1) is 27.1. The number of nitrogens with two attached hydrogens (primary N) is 1. The Morgan fingerprint density at radius 1 is 1.33 bits per heavy atom. The monoisotopic (exact) mass is 529 g/mol. The van der Waals surface area contributed by atoms with E-state index >= 15 is 0 Å². The van der Waals surface area contributed by atoms with Gasteiger partial charge in [0.05, 0.1) is 30.2 Å². The van der Waals surface area contributed by atoms with Crippen LogP contribution in [0.15, 0.2) is 0 Å². The first-order chi connectivity index (χ1) is 17.1. The first-order valence-electron chi connectivity index (χ1n) is 12.8. The van der Waals surface area contributed by atoms with Gasteiger partial charge in [-0.3, -0.25) is 9.69 Å². The molecule has 3 aliphatic rings. The van der Waals surface area contributed by atoms with Gasteiger partial charge in [-0.2, -0.15) is 5.10 Å². The summed E-state index contributed by atoms with van der Waals surface area (Å²) in [5, 5.41) is 13.5. The lowest BCUT2D eigenvalue weighted by atomic mass is 9.81. The summed E-state index contributed by atoms with van der Waals surface area (Å²) in [6.45, 7) is 6.58. The van der Waals surface area contributed by atoms with E-state index in [0.717, 1.165) is 12.8 Å². The SMILES string of the molecule is CCC1(C)CC(N2CCC(S(=O)(=O)CCOC)CC2)C(NC(=O)c2c(N)nn3c2NCC(F)C3)CN1. The number of aromatic nitrogens is 2. The van der Waals surface area contributed by atoms with Gasteiger partial charge in [0, 0.05) is 31.8 Å². The summed E-state index contributed by atoms with van der Waals surface area (Å²) in [7, 11) is -1.69. The second kappa shape index (κ2) is 10.8. The van der Waals surface area contributed by atoms with Gasteiger partial charge in [-0.1, -0.05) is 6.92 Å². The van der Waals surface area contributed by atoms with E-state index in [1.807, 2.05) is 0 Å². The molecule has 13 heteroatoms. The molecule has 0 radical (unpaired) electrons. The number of carbonyl (C=O) groups is 1. The summed E-state index contributed by atoms with van der Waals surface area (Å²) in [6, 6.07) is -0.162. The molecule has 4 atom stereocenters. The second-order valence-corrected chi connectivity index (χ2v) is 12.9. The number of hydrogen-bond donors (Lipinski definition) is 4. The Labute approximate surface area is 212 Å². The lowest BCUT2D eigenvalue weighted by Gasteiger charge is -2.49. The molecule has 1 amide bonds. The lowest BCUT2D eigenvalue weighted by Crippen LogP contribution is -2.66. The van der Waals surface area contributed by atoms with Crippen molar-refractivity contribution < 1.29 is 22.3 Å². The number of nitrogens with zero attached hydrogens (tertiary/aromatic N) is 3.